The van der Waals surface area contributed by atoms with Gasteiger partial charge in [-0.2, -0.15) is 13.2 Å². The van der Waals surface area contributed by atoms with Gasteiger partial charge >= 0.3 is 12.2 Å². The number of hydrogen-bond donors (Lipinski definition) is 1. The third kappa shape index (κ3) is 6.53. The number of pyridine rings is 1. The molecule has 12 heteroatoms. The number of amides is 2. The lowest BCUT2D eigenvalue weighted by molar-refractivity contribution is -0.136. The maximum atomic E-state index is 13.2. The van der Waals surface area contributed by atoms with E-state index in [1.165, 1.54) is 0 Å². The summed E-state index contributed by atoms with van der Waals surface area (Å²) >= 11 is 0. The van der Waals surface area contributed by atoms with Crippen molar-refractivity contribution >= 4 is 11.7 Å². The molecule has 1 aliphatic heterocycles. The number of rotatable bonds is 4. The van der Waals surface area contributed by atoms with Crippen molar-refractivity contribution in [3.63, 3.8) is 0 Å². The van der Waals surface area contributed by atoms with Crippen LogP contribution in [0, 0.1) is 0 Å². The Balaban J connectivity index is 1.72. The Labute approximate surface area is 219 Å². The first kappa shape index (κ1) is 27.6. The van der Waals surface area contributed by atoms with Gasteiger partial charge in [0.15, 0.2) is 5.65 Å². The number of imidazole rings is 1. The number of carbonyl (C=O) groups is 1. The molecule has 0 aliphatic carbocycles. The Morgan fingerprint density at radius 1 is 1.26 bits per heavy atom. The predicted molar refractivity (Wildman–Crippen MR) is 135 cm³/mol. The standard InChI is InChI=1S/C26H33F3N6O3/c1-4-35-17(2)20-13-19(23(37-3)14-31-20)21-15-34-11-10-30-24(34)22(33-21)16-38-12-6-5-7-18(32-25(35)36)8-9-26(27,28)29/h10-11,13-15,17-18H,4-9,12,16H2,1-3H3,(H,32,36)/t17-,18-/m1/s1. The molecule has 3 aromatic heterocycles. The van der Waals surface area contributed by atoms with Crippen LogP contribution in [0.4, 0.5) is 18.0 Å². The van der Waals surface area contributed by atoms with E-state index in [0.717, 1.165) is 0 Å². The zero-order chi connectivity index (χ0) is 27.3. The highest BCUT2D eigenvalue weighted by Gasteiger charge is 2.30. The summed E-state index contributed by atoms with van der Waals surface area (Å²) < 4.78 is 52.2. The minimum atomic E-state index is -4.29. The topological polar surface area (TPSA) is 93.9 Å². The van der Waals surface area contributed by atoms with E-state index >= 15 is 0 Å². The third-order valence-electron chi connectivity index (χ3n) is 6.76. The summed E-state index contributed by atoms with van der Waals surface area (Å²) in [5.74, 6) is 0.511. The molecule has 3 aromatic rings. The second kappa shape index (κ2) is 12.0. The fourth-order valence-corrected chi connectivity index (χ4v) is 4.67. The molecule has 9 nitrogen and oxygen atoms in total. The van der Waals surface area contributed by atoms with Crippen LogP contribution < -0.4 is 10.1 Å². The molecular formula is C26H33F3N6O3. The first-order valence-corrected chi connectivity index (χ1v) is 12.8. The molecule has 206 valence electrons. The molecule has 0 fully saturated rings. The minimum Gasteiger partial charge on any atom is -0.494 e. The van der Waals surface area contributed by atoms with Gasteiger partial charge in [-0.3, -0.25) is 4.98 Å². The smallest absolute Gasteiger partial charge is 0.389 e. The number of methoxy groups -OCH3 is 1. The first-order chi connectivity index (χ1) is 18.2. The van der Waals surface area contributed by atoms with Crippen molar-refractivity contribution in [3.8, 4) is 17.0 Å². The van der Waals surface area contributed by atoms with E-state index in [1.807, 2.05) is 36.7 Å². The van der Waals surface area contributed by atoms with Crippen molar-refractivity contribution in [2.75, 3.05) is 20.3 Å². The number of ether oxygens (including phenoxy) is 2. The molecule has 38 heavy (non-hydrogen) atoms. The molecule has 2 atom stereocenters. The van der Waals surface area contributed by atoms with Gasteiger partial charge in [-0.25, -0.2) is 14.8 Å². The predicted octanol–water partition coefficient (Wildman–Crippen LogP) is 5.30. The van der Waals surface area contributed by atoms with Gasteiger partial charge in [0.25, 0.3) is 0 Å². The molecule has 0 spiro atoms. The van der Waals surface area contributed by atoms with Gasteiger partial charge < -0.3 is 24.1 Å². The Morgan fingerprint density at radius 2 is 2.08 bits per heavy atom. The van der Waals surface area contributed by atoms with Gasteiger partial charge in [-0.15, -0.1) is 0 Å². The lowest BCUT2D eigenvalue weighted by atomic mass is 10.0. The van der Waals surface area contributed by atoms with Gasteiger partial charge in [0.05, 0.1) is 37.3 Å². The van der Waals surface area contributed by atoms with E-state index in [0.29, 0.717) is 66.5 Å². The lowest BCUT2D eigenvalue weighted by Gasteiger charge is -2.30. The molecule has 0 aromatic carbocycles. The van der Waals surface area contributed by atoms with Crippen molar-refractivity contribution in [1.29, 1.82) is 0 Å². The molecular weight excluding hydrogens is 501 g/mol. The van der Waals surface area contributed by atoms with Crippen LogP contribution in [0.3, 0.4) is 0 Å². The van der Waals surface area contributed by atoms with E-state index in [1.54, 1.807) is 24.4 Å². The van der Waals surface area contributed by atoms with Crippen LogP contribution in [0.25, 0.3) is 16.9 Å². The Hall–Kier alpha value is -3.41. The maximum absolute atomic E-state index is 13.2. The quantitative estimate of drug-likeness (QED) is 0.488. The summed E-state index contributed by atoms with van der Waals surface area (Å²) in [6.45, 7) is 4.64. The van der Waals surface area contributed by atoms with E-state index in [4.69, 9.17) is 14.5 Å². The average Bonchev–Trinajstić information content (AvgIpc) is 3.37. The number of nitrogens with zero attached hydrogens (tertiary/aromatic N) is 5. The van der Waals surface area contributed by atoms with Crippen molar-refractivity contribution in [2.24, 2.45) is 0 Å². The monoisotopic (exact) mass is 534 g/mol. The lowest BCUT2D eigenvalue weighted by Crippen LogP contribution is -2.46. The maximum Gasteiger partial charge on any atom is 0.389 e. The van der Waals surface area contributed by atoms with E-state index in [2.05, 4.69) is 15.3 Å². The minimum absolute atomic E-state index is 0.180. The Morgan fingerprint density at radius 3 is 2.82 bits per heavy atom. The van der Waals surface area contributed by atoms with Gasteiger partial charge in [-0.1, -0.05) is 0 Å². The van der Waals surface area contributed by atoms with Crippen LogP contribution in [-0.2, 0) is 11.3 Å². The number of urea groups is 1. The van der Waals surface area contributed by atoms with Crippen LogP contribution >= 0.6 is 0 Å². The van der Waals surface area contributed by atoms with Crippen molar-refractivity contribution in [3.05, 3.63) is 42.2 Å². The summed E-state index contributed by atoms with van der Waals surface area (Å²) in [5, 5.41) is 2.84. The number of nitrogens with one attached hydrogen (secondary N) is 1. The fraction of sp³-hybridized carbons (Fsp3) is 0.538. The molecule has 0 unspecified atom stereocenters. The first-order valence-electron chi connectivity index (χ1n) is 12.8. The van der Waals surface area contributed by atoms with Crippen LogP contribution in [0.2, 0.25) is 0 Å². The Bertz CT molecular complexity index is 1250. The average molecular weight is 535 g/mol. The van der Waals surface area contributed by atoms with Crippen molar-refractivity contribution in [1.82, 2.24) is 29.6 Å². The van der Waals surface area contributed by atoms with Gasteiger partial charge in [0.1, 0.15) is 11.4 Å². The molecule has 1 aliphatic rings. The Kier molecular flexibility index (Phi) is 8.70. The van der Waals surface area contributed by atoms with Gasteiger partial charge in [0, 0.05) is 49.8 Å². The molecule has 0 saturated carbocycles. The molecule has 0 saturated heterocycles. The number of carbonyl (C=O) groups excluding carboxylic acids is 1. The van der Waals surface area contributed by atoms with Crippen molar-refractivity contribution in [2.45, 2.75) is 70.8 Å². The number of hydrogen-bond acceptors (Lipinski definition) is 6. The van der Waals surface area contributed by atoms with E-state index < -0.39 is 30.7 Å². The molecule has 4 rings (SSSR count). The van der Waals surface area contributed by atoms with Crippen LogP contribution in [-0.4, -0.2) is 62.8 Å². The highest BCUT2D eigenvalue weighted by atomic mass is 19.4. The normalized spacial score (nSPS) is 19.7. The molecule has 0 radical (unpaired) electrons. The van der Waals surface area contributed by atoms with Crippen LogP contribution in [0.5, 0.6) is 5.75 Å². The van der Waals surface area contributed by atoms with Gasteiger partial charge in [-0.05, 0) is 45.6 Å². The zero-order valence-electron chi connectivity index (χ0n) is 21.8. The fourth-order valence-electron chi connectivity index (χ4n) is 4.67. The van der Waals surface area contributed by atoms with E-state index in [-0.39, 0.29) is 13.0 Å². The molecule has 4 bridgehead atoms. The van der Waals surface area contributed by atoms with Crippen LogP contribution in [0.15, 0.2) is 30.9 Å². The third-order valence-corrected chi connectivity index (χ3v) is 6.76. The number of halogens is 3. The van der Waals surface area contributed by atoms with Crippen molar-refractivity contribution < 1.29 is 27.4 Å². The van der Waals surface area contributed by atoms with Crippen LogP contribution in [0.1, 0.15) is 63.4 Å². The highest BCUT2D eigenvalue weighted by Crippen LogP contribution is 2.32. The van der Waals surface area contributed by atoms with Gasteiger partial charge in [0.2, 0.25) is 0 Å². The summed E-state index contributed by atoms with van der Waals surface area (Å²) in [6, 6.07) is 0.339. The second-order valence-electron chi connectivity index (χ2n) is 9.35. The summed E-state index contributed by atoms with van der Waals surface area (Å²) in [6.07, 6.45) is 3.18. The molecule has 4 heterocycles. The summed E-state index contributed by atoms with van der Waals surface area (Å²) in [5.41, 5.74) is 3.24. The number of aromatic nitrogens is 4. The highest BCUT2D eigenvalue weighted by molar-refractivity contribution is 5.75. The number of alkyl halides is 3. The molecule has 1 N–H and O–H groups in total. The SMILES string of the molecule is CCN1C(=O)N[C@@H](CCC(F)(F)F)CCCCOCc2nc(cn3ccnc23)-c2cc(ncc2OC)[C@H]1C. The number of fused-ring (bicyclic) bond motifs is 7. The summed E-state index contributed by atoms with van der Waals surface area (Å²) in [4.78, 5) is 28.6. The largest absolute Gasteiger partial charge is 0.494 e. The second-order valence-corrected chi connectivity index (χ2v) is 9.35. The zero-order valence-corrected chi connectivity index (χ0v) is 21.8. The summed E-state index contributed by atoms with van der Waals surface area (Å²) in [7, 11) is 1.55. The molecule has 2 amide bonds. The van der Waals surface area contributed by atoms with E-state index in [9.17, 15) is 18.0 Å².